The van der Waals surface area contributed by atoms with Gasteiger partial charge < -0.3 is 5.32 Å². The number of carbonyl (C=O) groups excluding carboxylic acids is 1. The van der Waals surface area contributed by atoms with Gasteiger partial charge in [0, 0.05) is 24.5 Å². The predicted molar refractivity (Wildman–Crippen MR) is 89.7 cm³/mol. The molecule has 2 heterocycles. The van der Waals surface area contributed by atoms with Crippen molar-refractivity contribution in [2.75, 3.05) is 5.32 Å². The highest BCUT2D eigenvalue weighted by atomic mass is 16.1. The average molecular weight is 319 g/mol. The Balaban J connectivity index is 1.40. The minimum absolute atomic E-state index is 0.225. The van der Waals surface area contributed by atoms with Crippen LogP contribution in [0.2, 0.25) is 0 Å². The Hall–Kier alpha value is -3.02. The van der Waals surface area contributed by atoms with Gasteiger partial charge >= 0.3 is 0 Å². The quantitative estimate of drug-likeness (QED) is 0.785. The molecule has 4 rings (SSSR count). The van der Waals surface area contributed by atoms with Gasteiger partial charge in [0.1, 0.15) is 5.82 Å². The first kappa shape index (κ1) is 14.6. The number of nitrogens with zero attached hydrogens (tertiary/aromatic N) is 4. The Labute approximate surface area is 139 Å². The molecule has 0 atom stereocenters. The summed E-state index contributed by atoms with van der Waals surface area (Å²) < 4.78 is 1.79. The van der Waals surface area contributed by atoms with E-state index in [0.717, 1.165) is 24.2 Å². The number of carbonyl (C=O) groups is 1. The molecule has 6 nitrogen and oxygen atoms in total. The van der Waals surface area contributed by atoms with Crippen molar-refractivity contribution in [3.05, 3.63) is 72.1 Å². The summed E-state index contributed by atoms with van der Waals surface area (Å²) in [7, 11) is 0. The van der Waals surface area contributed by atoms with E-state index in [2.05, 4.69) is 20.4 Å². The summed E-state index contributed by atoms with van der Waals surface area (Å²) in [5.74, 6) is 1.09. The van der Waals surface area contributed by atoms with Crippen LogP contribution in [-0.4, -0.2) is 25.7 Å². The smallest absolute Gasteiger partial charge is 0.258 e. The topological polar surface area (TPSA) is 72.7 Å². The van der Waals surface area contributed by atoms with Crippen LogP contribution in [0.4, 0.5) is 5.69 Å². The van der Waals surface area contributed by atoms with Crippen LogP contribution in [0, 0.1) is 0 Å². The van der Waals surface area contributed by atoms with Crippen LogP contribution in [0.3, 0.4) is 0 Å². The monoisotopic (exact) mass is 319 g/mol. The zero-order valence-electron chi connectivity index (χ0n) is 13.1. The lowest BCUT2D eigenvalue weighted by Gasteiger charge is -2.03. The van der Waals surface area contributed by atoms with Gasteiger partial charge in [-0.2, -0.15) is 5.10 Å². The fraction of sp³-hybridized carbons (Fsp3) is 0.222. The van der Waals surface area contributed by atoms with Crippen molar-refractivity contribution >= 4 is 11.6 Å². The van der Waals surface area contributed by atoms with Crippen molar-refractivity contribution in [3.8, 4) is 0 Å². The molecule has 0 aliphatic heterocycles. The number of benzene rings is 1. The molecular formula is C18H17N5O. The number of hydrogen-bond acceptors (Lipinski definition) is 4. The molecule has 0 unspecified atom stereocenters. The summed E-state index contributed by atoms with van der Waals surface area (Å²) >= 11 is 0. The van der Waals surface area contributed by atoms with E-state index in [1.165, 1.54) is 0 Å². The second-order valence-electron chi connectivity index (χ2n) is 5.97. The normalized spacial score (nSPS) is 13.7. The summed E-state index contributed by atoms with van der Waals surface area (Å²) in [4.78, 5) is 20.8. The molecule has 3 aromatic rings. The molecule has 2 aromatic heterocycles. The molecular weight excluding hydrogens is 302 g/mol. The van der Waals surface area contributed by atoms with E-state index in [1.807, 2.05) is 36.5 Å². The molecule has 6 heteroatoms. The second-order valence-corrected chi connectivity index (χ2v) is 5.97. The number of aromatic nitrogens is 4. The van der Waals surface area contributed by atoms with Crippen LogP contribution in [0.15, 0.2) is 55.1 Å². The maximum atomic E-state index is 12.3. The molecule has 1 amide bonds. The molecule has 1 aromatic carbocycles. The minimum Gasteiger partial charge on any atom is -0.319 e. The number of amides is 1. The first-order valence-corrected chi connectivity index (χ1v) is 7.97. The fourth-order valence-electron chi connectivity index (χ4n) is 2.50. The van der Waals surface area contributed by atoms with Gasteiger partial charge in [-0.1, -0.05) is 30.3 Å². The van der Waals surface area contributed by atoms with Gasteiger partial charge in [-0.25, -0.2) is 9.97 Å². The molecule has 1 saturated carbocycles. The maximum Gasteiger partial charge on any atom is 0.258 e. The molecule has 1 fully saturated rings. The Kier molecular flexibility index (Phi) is 3.78. The van der Waals surface area contributed by atoms with Crippen molar-refractivity contribution in [1.82, 2.24) is 19.7 Å². The summed E-state index contributed by atoms with van der Waals surface area (Å²) in [6.07, 6.45) is 8.91. The zero-order valence-corrected chi connectivity index (χ0v) is 13.1. The third-order valence-electron chi connectivity index (χ3n) is 3.96. The van der Waals surface area contributed by atoms with E-state index in [0.29, 0.717) is 23.7 Å². The molecule has 1 aliphatic carbocycles. The zero-order chi connectivity index (χ0) is 16.4. The van der Waals surface area contributed by atoms with Crippen molar-refractivity contribution in [2.24, 2.45) is 0 Å². The first-order chi connectivity index (χ1) is 11.8. The van der Waals surface area contributed by atoms with Gasteiger partial charge in [0.15, 0.2) is 0 Å². The van der Waals surface area contributed by atoms with Gasteiger partial charge in [0.05, 0.1) is 24.0 Å². The summed E-state index contributed by atoms with van der Waals surface area (Å²) in [5.41, 5.74) is 2.26. The van der Waals surface area contributed by atoms with Crippen LogP contribution in [0.25, 0.3) is 0 Å². The first-order valence-electron chi connectivity index (χ1n) is 7.97. The molecule has 0 saturated heterocycles. The lowest BCUT2D eigenvalue weighted by molar-refractivity contribution is 0.102. The van der Waals surface area contributed by atoms with Gasteiger partial charge in [-0.15, -0.1) is 0 Å². The summed E-state index contributed by atoms with van der Waals surface area (Å²) in [6.45, 7) is 0.663. The van der Waals surface area contributed by atoms with E-state index >= 15 is 0 Å². The largest absolute Gasteiger partial charge is 0.319 e. The van der Waals surface area contributed by atoms with Crippen LogP contribution < -0.4 is 5.32 Å². The van der Waals surface area contributed by atoms with Gasteiger partial charge in [0.2, 0.25) is 0 Å². The maximum absolute atomic E-state index is 12.3. The van der Waals surface area contributed by atoms with Gasteiger partial charge in [-0.05, 0) is 18.4 Å². The number of anilines is 1. The molecule has 0 spiro atoms. The van der Waals surface area contributed by atoms with E-state index < -0.39 is 0 Å². The molecule has 24 heavy (non-hydrogen) atoms. The number of nitrogens with one attached hydrogen (secondary N) is 1. The standard InChI is InChI=1S/C18H17N5O/c24-18(15-8-19-17(20-9-15)14-6-7-14)22-16-10-21-23(12-16)11-13-4-2-1-3-5-13/h1-5,8-10,12,14H,6-7,11H2,(H,22,24). The lowest BCUT2D eigenvalue weighted by atomic mass is 10.2. The van der Waals surface area contributed by atoms with Crippen LogP contribution in [-0.2, 0) is 6.54 Å². The average Bonchev–Trinajstić information content (AvgIpc) is 3.38. The van der Waals surface area contributed by atoms with E-state index in [-0.39, 0.29) is 5.91 Å². The Morgan fingerprint density at radius 1 is 1.12 bits per heavy atom. The van der Waals surface area contributed by atoms with Crippen molar-refractivity contribution in [1.29, 1.82) is 0 Å². The Bertz CT molecular complexity index is 837. The lowest BCUT2D eigenvalue weighted by Crippen LogP contribution is -2.12. The molecule has 120 valence electrons. The van der Waals surface area contributed by atoms with E-state index in [9.17, 15) is 4.79 Å². The third-order valence-corrected chi connectivity index (χ3v) is 3.96. The summed E-state index contributed by atoms with van der Waals surface area (Å²) in [6, 6.07) is 10.0. The predicted octanol–water partition coefficient (Wildman–Crippen LogP) is 2.85. The Morgan fingerprint density at radius 3 is 2.58 bits per heavy atom. The van der Waals surface area contributed by atoms with Gasteiger partial charge in [0.25, 0.3) is 5.91 Å². The van der Waals surface area contributed by atoms with E-state index in [1.54, 1.807) is 23.3 Å². The fourth-order valence-corrected chi connectivity index (χ4v) is 2.50. The highest BCUT2D eigenvalue weighted by Crippen LogP contribution is 2.37. The second kappa shape index (κ2) is 6.23. The molecule has 0 bridgehead atoms. The molecule has 1 N–H and O–H groups in total. The SMILES string of the molecule is O=C(Nc1cnn(Cc2ccccc2)c1)c1cnc(C2CC2)nc1. The van der Waals surface area contributed by atoms with Crippen LogP contribution in [0.5, 0.6) is 0 Å². The van der Waals surface area contributed by atoms with Crippen LogP contribution in [0.1, 0.15) is 40.5 Å². The molecule has 0 radical (unpaired) electrons. The Morgan fingerprint density at radius 2 is 1.88 bits per heavy atom. The van der Waals surface area contributed by atoms with Crippen molar-refractivity contribution in [3.63, 3.8) is 0 Å². The third kappa shape index (κ3) is 3.32. The molecule has 1 aliphatic rings. The highest BCUT2D eigenvalue weighted by Gasteiger charge is 2.26. The van der Waals surface area contributed by atoms with Crippen molar-refractivity contribution in [2.45, 2.75) is 25.3 Å². The number of hydrogen-bond donors (Lipinski definition) is 1. The van der Waals surface area contributed by atoms with E-state index in [4.69, 9.17) is 0 Å². The minimum atomic E-state index is -0.225. The number of rotatable bonds is 5. The highest BCUT2D eigenvalue weighted by molar-refractivity contribution is 6.03. The van der Waals surface area contributed by atoms with Crippen LogP contribution >= 0.6 is 0 Å². The summed E-state index contributed by atoms with van der Waals surface area (Å²) in [5, 5.41) is 7.10. The van der Waals surface area contributed by atoms with Gasteiger partial charge in [-0.3, -0.25) is 9.48 Å². The van der Waals surface area contributed by atoms with Crippen molar-refractivity contribution < 1.29 is 4.79 Å².